The molecule has 1 aromatic carbocycles. The molecular weight excluding hydrogens is 399 g/mol. The zero-order valence-corrected chi connectivity index (χ0v) is 17.6. The first-order valence-electron chi connectivity index (χ1n) is 9.06. The molecule has 2 heterocycles. The van der Waals surface area contributed by atoms with Gasteiger partial charge in [-0.15, -0.1) is 0 Å². The summed E-state index contributed by atoms with van der Waals surface area (Å²) in [5.74, 6) is 0.102. The Hall–Kier alpha value is -1.97. The van der Waals surface area contributed by atoms with E-state index in [1.165, 1.54) is 22.5 Å². The van der Waals surface area contributed by atoms with Gasteiger partial charge in [-0.3, -0.25) is 4.79 Å². The second-order valence-corrected chi connectivity index (χ2v) is 9.26. The van der Waals surface area contributed by atoms with E-state index in [-0.39, 0.29) is 28.6 Å². The SMILES string of the molecule is CC(C)C[C@H](CO)Nn1c(=O)sc2cnc(S[C@@H](C)c3ccccc3F)nc21. The molecule has 0 aliphatic heterocycles. The molecular formula is C19H23FN4O2S2. The van der Waals surface area contributed by atoms with Gasteiger partial charge in [0.05, 0.1) is 23.5 Å². The molecule has 28 heavy (non-hydrogen) atoms. The number of thioether (sulfide) groups is 1. The molecule has 0 aliphatic rings. The number of nitrogens with one attached hydrogen (secondary N) is 1. The standard InChI is InChI=1S/C19H23FN4O2S2/c1-11(2)8-13(10-25)23-24-17-16(28-19(24)26)9-21-18(22-17)27-12(3)14-6-4-5-7-15(14)20/h4-7,9,11-13,23,25H,8,10H2,1-3H3/t12-,13+/m0/s1. The van der Waals surface area contributed by atoms with Gasteiger partial charge >= 0.3 is 4.87 Å². The first-order chi connectivity index (χ1) is 13.4. The molecule has 2 atom stereocenters. The lowest BCUT2D eigenvalue weighted by Crippen LogP contribution is -2.36. The minimum atomic E-state index is -0.267. The van der Waals surface area contributed by atoms with E-state index in [1.807, 2.05) is 6.92 Å². The van der Waals surface area contributed by atoms with Crippen LogP contribution in [-0.4, -0.2) is 32.4 Å². The molecule has 6 nitrogen and oxygen atoms in total. The molecule has 0 saturated heterocycles. The van der Waals surface area contributed by atoms with Crippen molar-refractivity contribution in [3.05, 3.63) is 51.5 Å². The third kappa shape index (κ3) is 4.71. The van der Waals surface area contributed by atoms with E-state index in [2.05, 4.69) is 29.2 Å². The number of thiazole rings is 1. The molecule has 0 radical (unpaired) electrons. The van der Waals surface area contributed by atoms with Gasteiger partial charge in [-0.05, 0) is 25.3 Å². The molecule has 0 saturated carbocycles. The zero-order chi connectivity index (χ0) is 20.3. The quantitative estimate of drug-likeness (QED) is 0.425. The van der Waals surface area contributed by atoms with Crippen LogP contribution in [0.3, 0.4) is 0 Å². The molecule has 3 rings (SSSR count). The monoisotopic (exact) mass is 422 g/mol. The summed E-state index contributed by atoms with van der Waals surface area (Å²) in [6, 6.07) is 6.37. The van der Waals surface area contributed by atoms with Gasteiger partial charge in [-0.2, -0.15) is 4.68 Å². The molecule has 0 unspecified atom stereocenters. The van der Waals surface area contributed by atoms with Crippen molar-refractivity contribution in [2.75, 3.05) is 12.0 Å². The summed E-state index contributed by atoms with van der Waals surface area (Å²) in [4.78, 5) is 21.0. The average Bonchev–Trinajstić information content (AvgIpc) is 2.96. The van der Waals surface area contributed by atoms with Gasteiger partial charge in [0.25, 0.3) is 0 Å². The van der Waals surface area contributed by atoms with E-state index in [9.17, 15) is 14.3 Å². The van der Waals surface area contributed by atoms with Crippen molar-refractivity contribution in [1.82, 2.24) is 14.6 Å². The lowest BCUT2D eigenvalue weighted by molar-refractivity contribution is 0.252. The number of rotatable bonds is 8. The fourth-order valence-corrected chi connectivity index (χ4v) is 4.56. The van der Waals surface area contributed by atoms with Crippen molar-refractivity contribution >= 4 is 33.4 Å². The van der Waals surface area contributed by atoms with Gasteiger partial charge < -0.3 is 10.5 Å². The van der Waals surface area contributed by atoms with Crippen LogP contribution in [0, 0.1) is 11.7 Å². The Kier molecular flexibility index (Phi) is 6.69. The summed E-state index contributed by atoms with van der Waals surface area (Å²) in [6.07, 6.45) is 2.33. The number of benzene rings is 1. The maximum atomic E-state index is 14.0. The average molecular weight is 423 g/mol. The third-order valence-electron chi connectivity index (χ3n) is 4.22. The molecule has 0 aliphatic carbocycles. The number of hydrogen-bond donors (Lipinski definition) is 2. The summed E-state index contributed by atoms with van der Waals surface area (Å²) < 4.78 is 16.1. The number of aliphatic hydroxyl groups excluding tert-OH is 1. The lowest BCUT2D eigenvalue weighted by Gasteiger charge is -2.19. The van der Waals surface area contributed by atoms with Gasteiger partial charge in [0.2, 0.25) is 0 Å². The Morgan fingerprint density at radius 3 is 2.75 bits per heavy atom. The van der Waals surface area contributed by atoms with Crippen LogP contribution >= 0.6 is 23.1 Å². The van der Waals surface area contributed by atoms with E-state index in [4.69, 9.17) is 0 Å². The van der Waals surface area contributed by atoms with Crippen LogP contribution in [0.25, 0.3) is 10.3 Å². The van der Waals surface area contributed by atoms with E-state index in [0.717, 1.165) is 17.8 Å². The van der Waals surface area contributed by atoms with Crippen molar-refractivity contribution < 1.29 is 9.50 Å². The minimum Gasteiger partial charge on any atom is -0.394 e. The molecule has 3 aromatic rings. The van der Waals surface area contributed by atoms with Gasteiger partial charge in [-0.1, -0.05) is 55.1 Å². The van der Waals surface area contributed by atoms with E-state index in [1.54, 1.807) is 24.4 Å². The Morgan fingerprint density at radius 1 is 1.32 bits per heavy atom. The predicted octanol–water partition coefficient (Wildman–Crippen LogP) is 3.80. The minimum absolute atomic E-state index is 0.0844. The number of fused-ring (bicyclic) bond motifs is 1. The molecule has 0 fully saturated rings. The second-order valence-electron chi connectivity index (χ2n) is 6.96. The molecule has 150 valence electrons. The van der Waals surface area contributed by atoms with Crippen LogP contribution in [0.4, 0.5) is 4.39 Å². The Balaban J connectivity index is 1.88. The second kappa shape index (κ2) is 9.02. The predicted molar refractivity (Wildman–Crippen MR) is 112 cm³/mol. The highest BCUT2D eigenvalue weighted by atomic mass is 32.2. The number of halogens is 1. The summed E-state index contributed by atoms with van der Waals surface area (Å²) in [6.45, 7) is 5.92. The number of nitrogens with zero attached hydrogens (tertiary/aromatic N) is 3. The van der Waals surface area contributed by atoms with Crippen molar-refractivity contribution in [1.29, 1.82) is 0 Å². The van der Waals surface area contributed by atoms with Gasteiger partial charge in [0.1, 0.15) is 5.82 Å². The Bertz CT molecular complexity index is 1010. The lowest BCUT2D eigenvalue weighted by atomic mass is 10.1. The van der Waals surface area contributed by atoms with Crippen molar-refractivity contribution in [2.24, 2.45) is 5.92 Å². The van der Waals surface area contributed by atoms with Crippen LogP contribution in [0.2, 0.25) is 0 Å². The van der Waals surface area contributed by atoms with E-state index in [0.29, 0.717) is 27.0 Å². The largest absolute Gasteiger partial charge is 0.394 e. The highest BCUT2D eigenvalue weighted by molar-refractivity contribution is 7.99. The van der Waals surface area contributed by atoms with Crippen LogP contribution in [0.1, 0.15) is 38.0 Å². The fourth-order valence-electron chi connectivity index (χ4n) is 2.92. The summed E-state index contributed by atoms with van der Waals surface area (Å²) >= 11 is 2.37. The summed E-state index contributed by atoms with van der Waals surface area (Å²) in [7, 11) is 0. The molecule has 2 N–H and O–H groups in total. The van der Waals surface area contributed by atoms with Crippen LogP contribution in [0.15, 0.2) is 40.4 Å². The Labute approximate surface area is 170 Å². The van der Waals surface area contributed by atoms with Crippen molar-refractivity contribution in [3.63, 3.8) is 0 Å². The molecule has 2 aromatic heterocycles. The molecule has 0 bridgehead atoms. The van der Waals surface area contributed by atoms with Crippen LogP contribution in [0.5, 0.6) is 0 Å². The highest BCUT2D eigenvalue weighted by Gasteiger charge is 2.18. The number of aromatic nitrogens is 3. The van der Waals surface area contributed by atoms with E-state index < -0.39 is 0 Å². The van der Waals surface area contributed by atoms with Gasteiger partial charge in [0.15, 0.2) is 10.8 Å². The van der Waals surface area contributed by atoms with Crippen LogP contribution in [-0.2, 0) is 0 Å². The first kappa shape index (κ1) is 20.8. The Morgan fingerprint density at radius 2 is 2.07 bits per heavy atom. The fraction of sp³-hybridized carbons (Fsp3) is 0.421. The highest BCUT2D eigenvalue weighted by Crippen LogP contribution is 2.34. The van der Waals surface area contributed by atoms with Crippen molar-refractivity contribution in [3.8, 4) is 0 Å². The molecule has 9 heteroatoms. The smallest absolute Gasteiger partial charge is 0.328 e. The normalized spacial score (nSPS) is 13.8. The zero-order valence-electron chi connectivity index (χ0n) is 15.9. The number of hydrogen-bond acceptors (Lipinski definition) is 7. The number of aliphatic hydroxyl groups is 1. The van der Waals surface area contributed by atoms with Gasteiger partial charge in [-0.25, -0.2) is 14.4 Å². The summed E-state index contributed by atoms with van der Waals surface area (Å²) in [5, 5.41) is 9.89. The van der Waals surface area contributed by atoms with Crippen molar-refractivity contribution in [2.45, 2.75) is 43.6 Å². The van der Waals surface area contributed by atoms with Gasteiger partial charge in [0, 0.05) is 10.8 Å². The maximum Gasteiger partial charge on any atom is 0.328 e. The third-order valence-corrected chi connectivity index (χ3v) is 6.10. The first-order valence-corrected chi connectivity index (χ1v) is 10.8. The topological polar surface area (TPSA) is 80.0 Å². The van der Waals surface area contributed by atoms with E-state index >= 15 is 0 Å². The molecule has 0 amide bonds. The summed E-state index contributed by atoms with van der Waals surface area (Å²) in [5.41, 5.74) is 4.12. The molecule has 0 spiro atoms. The van der Waals surface area contributed by atoms with Crippen LogP contribution < -0.4 is 10.3 Å². The maximum absolute atomic E-state index is 14.0.